The van der Waals surface area contributed by atoms with Crippen molar-refractivity contribution in [3.63, 3.8) is 0 Å². The zero-order chi connectivity index (χ0) is 11.5. The number of nitrogens with zero attached hydrogens (tertiary/aromatic N) is 3. The first-order valence-electron chi connectivity index (χ1n) is 5.49. The zero-order valence-electron chi connectivity index (χ0n) is 9.59. The van der Waals surface area contributed by atoms with Gasteiger partial charge in [-0.1, -0.05) is 19.9 Å². The molecule has 0 fully saturated rings. The molecule has 0 aliphatic heterocycles. The summed E-state index contributed by atoms with van der Waals surface area (Å²) in [6, 6.07) is 7.61. The SMILES string of the molecule is CCC(C)c1cc(N)n(-c2ccccn2)n1. The summed E-state index contributed by atoms with van der Waals surface area (Å²) in [6.45, 7) is 4.28. The van der Waals surface area contributed by atoms with Gasteiger partial charge in [0.2, 0.25) is 0 Å². The van der Waals surface area contributed by atoms with Gasteiger partial charge >= 0.3 is 0 Å². The fourth-order valence-corrected chi connectivity index (χ4v) is 1.53. The molecular weight excluding hydrogens is 200 g/mol. The molecule has 2 aromatic rings. The maximum absolute atomic E-state index is 5.93. The van der Waals surface area contributed by atoms with Gasteiger partial charge in [0.15, 0.2) is 5.82 Å². The van der Waals surface area contributed by atoms with Crippen molar-refractivity contribution in [3.8, 4) is 5.82 Å². The van der Waals surface area contributed by atoms with Gasteiger partial charge in [-0.25, -0.2) is 4.98 Å². The van der Waals surface area contributed by atoms with Crippen LogP contribution in [0.1, 0.15) is 31.9 Å². The molecule has 2 rings (SSSR count). The third-order valence-corrected chi connectivity index (χ3v) is 2.74. The number of nitrogens with two attached hydrogens (primary N) is 1. The second-order valence-corrected chi connectivity index (χ2v) is 3.90. The van der Waals surface area contributed by atoms with Crippen LogP contribution in [0.4, 0.5) is 5.82 Å². The van der Waals surface area contributed by atoms with Gasteiger partial charge in [0.05, 0.1) is 5.69 Å². The largest absolute Gasteiger partial charge is 0.384 e. The number of nitrogen functional groups attached to an aromatic ring is 1. The van der Waals surface area contributed by atoms with Gasteiger partial charge in [-0.2, -0.15) is 9.78 Å². The van der Waals surface area contributed by atoms with Crippen molar-refractivity contribution in [2.24, 2.45) is 0 Å². The third kappa shape index (κ3) is 1.91. The van der Waals surface area contributed by atoms with Crippen LogP contribution in [0.2, 0.25) is 0 Å². The minimum absolute atomic E-state index is 0.423. The Bertz CT molecular complexity index is 461. The Morgan fingerprint density at radius 2 is 2.25 bits per heavy atom. The molecule has 2 N–H and O–H groups in total. The molecule has 2 aromatic heterocycles. The maximum Gasteiger partial charge on any atom is 0.155 e. The predicted molar refractivity (Wildman–Crippen MR) is 64.5 cm³/mol. The van der Waals surface area contributed by atoms with E-state index in [1.54, 1.807) is 10.9 Å². The lowest BCUT2D eigenvalue weighted by Gasteiger charge is -2.03. The van der Waals surface area contributed by atoms with E-state index in [1.165, 1.54) is 0 Å². The summed E-state index contributed by atoms with van der Waals surface area (Å²) in [4.78, 5) is 4.23. The standard InChI is InChI=1S/C12H16N4/c1-3-9(2)10-8-11(13)16(15-10)12-6-4-5-7-14-12/h4-9H,3,13H2,1-2H3. The van der Waals surface area contributed by atoms with E-state index in [2.05, 4.69) is 23.9 Å². The first kappa shape index (κ1) is 10.7. The van der Waals surface area contributed by atoms with Crippen LogP contribution < -0.4 is 5.73 Å². The fourth-order valence-electron chi connectivity index (χ4n) is 1.53. The van der Waals surface area contributed by atoms with E-state index in [0.717, 1.165) is 17.9 Å². The Morgan fingerprint density at radius 1 is 1.44 bits per heavy atom. The van der Waals surface area contributed by atoms with Gasteiger partial charge in [0, 0.05) is 18.2 Å². The van der Waals surface area contributed by atoms with Crippen molar-refractivity contribution >= 4 is 5.82 Å². The predicted octanol–water partition coefficient (Wildman–Crippen LogP) is 2.36. The number of anilines is 1. The van der Waals surface area contributed by atoms with Crippen LogP contribution >= 0.6 is 0 Å². The van der Waals surface area contributed by atoms with E-state index in [4.69, 9.17) is 5.73 Å². The Balaban J connectivity index is 2.40. The van der Waals surface area contributed by atoms with Gasteiger partial charge in [-0.05, 0) is 18.6 Å². The highest BCUT2D eigenvalue weighted by atomic mass is 15.3. The summed E-state index contributed by atoms with van der Waals surface area (Å²) in [5.74, 6) is 1.82. The number of aromatic nitrogens is 3. The lowest BCUT2D eigenvalue weighted by molar-refractivity contribution is 0.686. The molecule has 0 aliphatic carbocycles. The molecule has 1 unspecified atom stereocenters. The highest BCUT2D eigenvalue weighted by Crippen LogP contribution is 2.21. The number of hydrogen-bond donors (Lipinski definition) is 1. The van der Waals surface area contributed by atoms with E-state index in [-0.39, 0.29) is 0 Å². The zero-order valence-corrected chi connectivity index (χ0v) is 9.59. The minimum Gasteiger partial charge on any atom is -0.384 e. The average molecular weight is 216 g/mol. The van der Waals surface area contributed by atoms with Crippen LogP contribution in [0.15, 0.2) is 30.5 Å². The summed E-state index contributed by atoms with van der Waals surface area (Å²) in [5.41, 5.74) is 6.95. The number of rotatable bonds is 3. The van der Waals surface area contributed by atoms with Crippen LogP contribution in [0.3, 0.4) is 0 Å². The summed E-state index contributed by atoms with van der Waals surface area (Å²) in [6.07, 6.45) is 2.79. The topological polar surface area (TPSA) is 56.7 Å². The molecule has 0 saturated heterocycles. The van der Waals surface area contributed by atoms with E-state index in [0.29, 0.717) is 11.7 Å². The van der Waals surface area contributed by atoms with Gasteiger partial charge in [0.1, 0.15) is 5.82 Å². The molecule has 0 radical (unpaired) electrons. The van der Waals surface area contributed by atoms with Crippen molar-refractivity contribution in [1.29, 1.82) is 0 Å². The van der Waals surface area contributed by atoms with Crippen LogP contribution in [0.5, 0.6) is 0 Å². The van der Waals surface area contributed by atoms with Gasteiger partial charge in [-0.3, -0.25) is 0 Å². The Morgan fingerprint density at radius 3 is 2.88 bits per heavy atom. The summed E-state index contributed by atoms with van der Waals surface area (Å²) < 4.78 is 1.68. The molecule has 84 valence electrons. The van der Waals surface area contributed by atoms with Crippen LogP contribution in [0.25, 0.3) is 5.82 Å². The first-order valence-corrected chi connectivity index (χ1v) is 5.49. The van der Waals surface area contributed by atoms with Crippen LogP contribution in [-0.4, -0.2) is 14.8 Å². The summed E-state index contributed by atoms with van der Waals surface area (Å²) in [7, 11) is 0. The molecule has 4 nitrogen and oxygen atoms in total. The minimum atomic E-state index is 0.423. The van der Waals surface area contributed by atoms with Crippen molar-refractivity contribution in [2.45, 2.75) is 26.2 Å². The smallest absolute Gasteiger partial charge is 0.155 e. The lowest BCUT2D eigenvalue weighted by atomic mass is 10.1. The van der Waals surface area contributed by atoms with Crippen molar-refractivity contribution in [1.82, 2.24) is 14.8 Å². The van der Waals surface area contributed by atoms with Crippen molar-refractivity contribution in [3.05, 3.63) is 36.2 Å². The monoisotopic (exact) mass is 216 g/mol. The molecule has 0 bridgehead atoms. The van der Waals surface area contributed by atoms with Gasteiger partial charge < -0.3 is 5.73 Å². The quantitative estimate of drug-likeness (QED) is 0.856. The molecule has 0 amide bonds. The highest BCUT2D eigenvalue weighted by molar-refractivity contribution is 5.39. The summed E-state index contributed by atoms with van der Waals surface area (Å²) >= 11 is 0. The number of pyridine rings is 1. The second-order valence-electron chi connectivity index (χ2n) is 3.90. The molecule has 0 saturated carbocycles. The third-order valence-electron chi connectivity index (χ3n) is 2.74. The fraction of sp³-hybridized carbons (Fsp3) is 0.333. The molecular formula is C12H16N4. The van der Waals surface area contributed by atoms with E-state index < -0.39 is 0 Å². The molecule has 0 spiro atoms. The summed E-state index contributed by atoms with van der Waals surface area (Å²) in [5, 5.41) is 4.48. The second kappa shape index (κ2) is 4.35. The Labute approximate surface area is 95.1 Å². The van der Waals surface area contributed by atoms with Crippen LogP contribution in [0, 0.1) is 0 Å². The van der Waals surface area contributed by atoms with E-state index in [1.807, 2.05) is 24.3 Å². The molecule has 2 heterocycles. The van der Waals surface area contributed by atoms with Crippen LogP contribution in [-0.2, 0) is 0 Å². The highest BCUT2D eigenvalue weighted by Gasteiger charge is 2.11. The number of hydrogen-bond acceptors (Lipinski definition) is 3. The average Bonchev–Trinajstić information content (AvgIpc) is 2.71. The van der Waals surface area contributed by atoms with E-state index in [9.17, 15) is 0 Å². The van der Waals surface area contributed by atoms with E-state index >= 15 is 0 Å². The molecule has 16 heavy (non-hydrogen) atoms. The molecule has 0 aliphatic rings. The van der Waals surface area contributed by atoms with Crippen molar-refractivity contribution in [2.75, 3.05) is 5.73 Å². The maximum atomic E-state index is 5.93. The normalized spacial score (nSPS) is 12.6. The molecule has 1 atom stereocenters. The Kier molecular flexibility index (Phi) is 2.90. The van der Waals surface area contributed by atoms with Crippen molar-refractivity contribution < 1.29 is 0 Å². The first-order chi connectivity index (χ1) is 7.72. The Hall–Kier alpha value is -1.84. The van der Waals surface area contributed by atoms with Gasteiger partial charge in [-0.15, -0.1) is 0 Å². The van der Waals surface area contributed by atoms with Gasteiger partial charge in [0.25, 0.3) is 0 Å². The lowest BCUT2D eigenvalue weighted by Crippen LogP contribution is -2.04. The molecule has 0 aromatic carbocycles. The molecule has 4 heteroatoms.